The number of nitrogens with zero attached hydrogens (tertiary/aromatic N) is 1. The van der Waals surface area contributed by atoms with E-state index in [2.05, 4.69) is 37.9 Å². The topological polar surface area (TPSA) is 48.9 Å². The van der Waals surface area contributed by atoms with Crippen molar-refractivity contribution in [2.24, 2.45) is 11.8 Å². The number of hydrogen-bond acceptors (Lipinski definition) is 2. The van der Waals surface area contributed by atoms with Gasteiger partial charge in [-0.15, -0.1) is 0 Å². The molecule has 0 aliphatic heterocycles. The van der Waals surface area contributed by atoms with E-state index in [-0.39, 0.29) is 0 Å². The van der Waals surface area contributed by atoms with Gasteiger partial charge in [-0.2, -0.15) is 5.10 Å². The van der Waals surface area contributed by atoms with Gasteiger partial charge in [0.2, 0.25) is 0 Å². The second-order valence-corrected chi connectivity index (χ2v) is 4.69. The molecule has 0 spiro atoms. The first-order valence-electron chi connectivity index (χ1n) is 5.25. The minimum atomic E-state index is 0.368. The summed E-state index contributed by atoms with van der Waals surface area (Å²) in [7, 11) is 0. The lowest BCUT2D eigenvalue weighted by Gasteiger charge is -2.03. The molecule has 0 fully saturated rings. The third-order valence-corrected chi connectivity index (χ3v) is 2.10. The summed E-state index contributed by atoms with van der Waals surface area (Å²) < 4.78 is 0. The first-order valence-corrected chi connectivity index (χ1v) is 5.25. The minimum absolute atomic E-state index is 0.368. The summed E-state index contributed by atoms with van der Waals surface area (Å²) in [4.78, 5) is 0. The van der Waals surface area contributed by atoms with Crippen molar-refractivity contribution in [1.82, 2.24) is 10.2 Å². The Balaban J connectivity index is 2.75. The molecule has 3 heteroatoms. The molecule has 0 radical (unpaired) electrons. The number of nitrogens with one attached hydrogen (secondary N) is 1. The van der Waals surface area contributed by atoms with Crippen molar-refractivity contribution in [2.75, 3.05) is 0 Å². The van der Waals surface area contributed by atoms with Gasteiger partial charge in [0.15, 0.2) is 5.75 Å². The zero-order valence-electron chi connectivity index (χ0n) is 9.46. The predicted octanol–water partition coefficient (Wildman–Crippen LogP) is 2.51. The van der Waals surface area contributed by atoms with E-state index >= 15 is 0 Å². The molecule has 1 aromatic heterocycles. The Morgan fingerprint density at radius 1 is 1.14 bits per heavy atom. The molecule has 0 aliphatic carbocycles. The van der Waals surface area contributed by atoms with E-state index in [0.717, 1.165) is 24.2 Å². The Morgan fingerprint density at radius 3 is 2.21 bits per heavy atom. The molecule has 1 rings (SSSR count). The van der Waals surface area contributed by atoms with Crippen LogP contribution in [0.15, 0.2) is 0 Å². The standard InChI is InChI=1S/C11H20N2O/c1-7(2)5-9-11(14)10(13-12-9)6-8(3)4/h7-8,14H,5-6H2,1-4H3,(H,12,13). The normalized spacial score (nSPS) is 11.6. The van der Waals surface area contributed by atoms with E-state index in [1.54, 1.807) is 0 Å². The van der Waals surface area contributed by atoms with Crippen LogP contribution < -0.4 is 0 Å². The SMILES string of the molecule is CC(C)Cc1n[nH]c(CC(C)C)c1O. The molecule has 80 valence electrons. The summed E-state index contributed by atoms with van der Waals surface area (Å²) in [5.74, 6) is 1.43. The molecule has 3 nitrogen and oxygen atoms in total. The molecule has 0 unspecified atom stereocenters. The van der Waals surface area contributed by atoms with Crippen LogP contribution in [0.3, 0.4) is 0 Å². The highest BCUT2D eigenvalue weighted by atomic mass is 16.3. The molecule has 1 aromatic rings. The molecule has 0 amide bonds. The van der Waals surface area contributed by atoms with Crippen molar-refractivity contribution in [3.05, 3.63) is 11.4 Å². The zero-order chi connectivity index (χ0) is 10.7. The van der Waals surface area contributed by atoms with Crippen LogP contribution in [-0.2, 0) is 12.8 Å². The monoisotopic (exact) mass is 196 g/mol. The molecular weight excluding hydrogens is 176 g/mol. The molecule has 2 N–H and O–H groups in total. The van der Waals surface area contributed by atoms with Crippen molar-refractivity contribution < 1.29 is 5.11 Å². The number of aromatic nitrogens is 2. The van der Waals surface area contributed by atoms with Crippen LogP contribution in [0.1, 0.15) is 39.1 Å². The summed E-state index contributed by atoms with van der Waals surface area (Å²) in [6, 6.07) is 0. The van der Waals surface area contributed by atoms with Gasteiger partial charge >= 0.3 is 0 Å². The highest BCUT2D eigenvalue weighted by Gasteiger charge is 2.13. The molecule has 0 aliphatic rings. The van der Waals surface area contributed by atoms with Gasteiger partial charge in [-0.3, -0.25) is 5.10 Å². The van der Waals surface area contributed by atoms with Crippen molar-refractivity contribution in [2.45, 2.75) is 40.5 Å². The van der Waals surface area contributed by atoms with Crippen molar-refractivity contribution in [3.63, 3.8) is 0 Å². The maximum absolute atomic E-state index is 9.83. The number of aromatic amines is 1. The first kappa shape index (κ1) is 11.1. The van der Waals surface area contributed by atoms with Gasteiger partial charge in [0, 0.05) is 0 Å². The smallest absolute Gasteiger partial charge is 0.159 e. The van der Waals surface area contributed by atoms with Gasteiger partial charge in [0.05, 0.1) is 5.69 Å². The minimum Gasteiger partial charge on any atom is -0.504 e. The van der Waals surface area contributed by atoms with E-state index in [1.165, 1.54) is 0 Å². The van der Waals surface area contributed by atoms with E-state index in [4.69, 9.17) is 0 Å². The lowest BCUT2D eigenvalue weighted by atomic mass is 10.0. The molecule has 0 aromatic carbocycles. The fourth-order valence-corrected chi connectivity index (χ4v) is 1.49. The maximum atomic E-state index is 9.83. The predicted molar refractivity (Wildman–Crippen MR) is 57.3 cm³/mol. The Labute approximate surface area is 85.5 Å². The van der Waals surface area contributed by atoms with Crippen molar-refractivity contribution in [3.8, 4) is 5.75 Å². The third kappa shape index (κ3) is 2.76. The van der Waals surface area contributed by atoms with Gasteiger partial charge in [-0.1, -0.05) is 27.7 Å². The zero-order valence-corrected chi connectivity index (χ0v) is 9.46. The lowest BCUT2D eigenvalue weighted by molar-refractivity contribution is 0.451. The van der Waals surface area contributed by atoms with Crippen molar-refractivity contribution in [1.29, 1.82) is 0 Å². The Hall–Kier alpha value is -0.990. The average Bonchev–Trinajstić information content (AvgIpc) is 2.34. The van der Waals surface area contributed by atoms with Crippen LogP contribution in [0, 0.1) is 11.8 Å². The number of rotatable bonds is 4. The van der Waals surface area contributed by atoms with E-state index < -0.39 is 0 Å². The van der Waals surface area contributed by atoms with E-state index in [0.29, 0.717) is 17.6 Å². The highest BCUT2D eigenvalue weighted by Crippen LogP contribution is 2.24. The molecule has 14 heavy (non-hydrogen) atoms. The molecule has 1 heterocycles. The van der Waals surface area contributed by atoms with Gasteiger partial charge in [-0.25, -0.2) is 0 Å². The summed E-state index contributed by atoms with van der Waals surface area (Å²) in [6.45, 7) is 8.50. The Bertz CT molecular complexity index is 262. The summed E-state index contributed by atoms with van der Waals surface area (Å²) in [5.41, 5.74) is 1.67. The Kier molecular flexibility index (Phi) is 3.55. The third-order valence-electron chi connectivity index (χ3n) is 2.10. The Morgan fingerprint density at radius 2 is 1.71 bits per heavy atom. The highest BCUT2D eigenvalue weighted by molar-refractivity contribution is 5.31. The van der Waals surface area contributed by atoms with Crippen LogP contribution in [0.4, 0.5) is 0 Å². The summed E-state index contributed by atoms with van der Waals surface area (Å²) in [6.07, 6.45) is 1.69. The van der Waals surface area contributed by atoms with Crippen LogP contribution in [0.5, 0.6) is 5.75 Å². The molecular formula is C11H20N2O. The van der Waals surface area contributed by atoms with Crippen LogP contribution >= 0.6 is 0 Å². The second kappa shape index (κ2) is 4.49. The summed E-state index contributed by atoms with van der Waals surface area (Å²) >= 11 is 0. The quantitative estimate of drug-likeness (QED) is 0.777. The fourth-order valence-electron chi connectivity index (χ4n) is 1.49. The largest absolute Gasteiger partial charge is 0.504 e. The fraction of sp³-hybridized carbons (Fsp3) is 0.727. The lowest BCUT2D eigenvalue weighted by Crippen LogP contribution is -1.95. The van der Waals surface area contributed by atoms with Crippen LogP contribution in [0.2, 0.25) is 0 Å². The second-order valence-electron chi connectivity index (χ2n) is 4.69. The van der Waals surface area contributed by atoms with Gasteiger partial charge < -0.3 is 5.11 Å². The molecule has 0 saturated heterocycles. The van der Waals surface area contributed by atoms with Crippen LogP contribution in [-0.4, -0.2) is 15.3 Å². The van der Waals surface area contributed by atoms with Crippen LogP contribution in [0.25, 0.3) is 0 Å². The first-order chi connectivity index (χ1) is 6.50. The average molecular weight is 196 g/mol. The van der Waals surface area contributed by atoms with Gasteiger partial charge in [-0.05, 0) is 24.7 Å². The maximum Gasteiger partial charge on any atom is 0.159 e. The molecule has 0 saturated carbocycles. The van der Waals surface area contributed by atoms with Gasteiger partial charge in [0.1, 0.15) is 5.69 Å². The number of aromatic hydroxyl groups is 1. The summed E-state index contributed by atoms with van der Waals surface area (Å²) in [5, 5.41) is 16.9. The number of hydrogen-bond donors (Lipinski definition) is 2. The van der Waals surface area contributed by atoms with E-state index in [1.807, 2.05) is 0 Å². The molecule has 0 atom stereocenters. The van der Waals surface area contributed by atoms with Crippen molar-refractivity contribution >= 4 is 0 Å². The molecule has 0 bridgehead atoms. The van der Waals surface area contributed by atoms with E-state index in [9.17, 15) is 5.11 Å². The number of H-pyrrole nitrogens is 1. The van der Waals surface area contributed by atoms with Gasteiger partial charge in [0.25, 0.3) is 0 Å².